The number of benzene rings is 1. The van der Waals surface area contributed by atoms with Crippen LogP contribution in [0.4, 0.5) is 4.39 Å². The molecule has 0 heterocycles. The Hall–Kier alpha value is -1.42. The molecule has 1 amide bonds. The molecule has 1 rings (SSSR count). The van der Waals surface area contributed by atoms with E-state index in [1.807, 2.05) is 0 Å². The maximum atomic E-state index is 13.3. The second-order valence-electron chi connectivity index (χ2n) is 4.22. The number of halogens is 1. The molecule has 0 radical (unpaired) electrons. The van der Waals surface area contributed by atoms with Gasteiger partial charge in [0.25, 0.3) is 0 Å². The summed E-state index contributed by atoms with van der Waals surface area (Å²) in [7, 11) is 0. The van der Waals surface area contributed by atoms with E-state index >= 15 is 0 Å². The highest BCUT2D eigenvalue weighted by Gasteiger charge is 2.02. The lowest BCUT2D eigenvalue weighted by Gasteiger charge is -2.06. The fourth-order valence-corrected chi connectivity index (χ4v) is 1.56. The Balaban J connectivity index is 2.12. The molecule has 0 saturated heterocycles. The second-order valence-corrected chi connectivity index (χ2v) is 4.22. The largest absolute Gasteiger partial charge is 0.356 e. The van der Waals surface area contributed by atoms with Gasteiger partial charge in [0.1, 0.15) is 5.82 Å². The molecule has 0 saturated carbocycles. The summed E-state index contributed by atoms with van der Waals surface area (Å²) in [5.74, 6) is -0.165. The van der Waals surface area contributed by atoms with Gasteiger partial charge >= 0.3 is 0 Å². The lowest BCUT2D eigenvalue weighted by atomic mass is 10.2. The Morgan fingerprint density at radius 3 is 2.78 bits per heavy atom. The number of rotatable bonds is 8. The minimum Gasteiger partial charge on any atom is -0.356 e. The zero-order valence-electron chi connectivity index (χ0n) is 10.8. The first-order chi connectivity index (χ1) is 8.74. The third-order valence-electron chi connectivity index (χ3n) is 2.65. The van der Waals surface area contributed by atoms with E-state index in [9.17, 15) is 9.18 Å². The molecule has 18 heavy (non-hydrogen) atoms. The molecule has 100 valence electrons. The fraction of sp³-hybridized carbons (Fsp3) is 0.500. The molecule has 0 spiro atoms. The first-order valence-electron chi connectivity index (χ1n) is 6.45. The van der Waals surface area contributed by atoms with Crippen LogP contribution in [0.15, 0.2) is 24.3 Å². The van der Waals surface area contributed by atoms with Crippen molar-refractivity contribution in [2.24, 2.45) is 0 Å². The molecule has 1 aromatic rings. The number of hydrogen-bond donors (Lipinski definition) is 2. The summed E-state index contributed by atoms with van der Waals surface area (Å²) >= 11 is 0. The molecule has 0 aliphatic rings. The molecule has 0 aliphatic carbocycles. The quantitative estimate of drug-likeness (QED) is 0.697. The van der Waals surface area contributed by atoms with Crippen molar-refractivity contribution in [3.8, 4) is 0 Å². The second kappa shape index (κ2) is 8.64. The number of hydrogen-bond acceptors (Lipinski definition) is 2. The van der Waals surface area contributed by atoms with Crippen molar-refractivity contribution in [1.82, 2.24) is 10.6 Å². The van der Waals surface area contributed by atoms with Gasteiger partial charge in [0.05, 0.1) is 0 Å². The molecule has 3 nitrogen and oxygen atoms in total. The molecule has 0 bridgehead atoms. The van der Waals surface area contributed by atoms with Crippen LogP contribution in [0.3, 0.4) is 0 Å². The van der Waals surface area contributed by atoms with Gasteiger partial charge in [-0.25, -0.2) is 4.39 Å². The number of carbonyl (C=O) groups is 1. The number of carbonyl (C=O) groups excluding carboxylic acids is 1. The molecular weight excluding hydrogens is 231 g/mol. The number of amides is 1. The van der Waals surface area contributed by atoms with Gasteiger partial charge < -0.3 is 10.6 Å². The summed E-state index contributed by atoms with van der Waals surface area (Å²) in [5.41, 5.74) is 0.629. The van der Waals surface area contributed by atoms with Crippen molar-refractivity contribution in [2.75, 3.05) is 13.1 Å². The van der Waals surface area contributed by atoms with E-state index in [1.165, 1.54) is 6.07 Å². The topological polar surface area (TPSA) is 41.1 Å². The number of unbranched alkanes of at least 4 members (excludes halogenated alkanes) is 1. The first-order valence-corrected chi connectivity index (χ1v) is 6.45. The highest BCUT2D eigenvalue weighted by atomic mass is 19.1. The molecule has 0 fully saturated rings. The van der Waals surface area contributed by atoms with Crippen LogP contribution < -0.4 is 10.6 Å². The van der Waals surface area contributed by atoms with Crippen LogP contribution in [0.5, 0.6) is 0 Å². The molecule has 0 atom stereocenters. The van der Waals surface area contributed by atoms with Gasteiger partial charge in [-0.15, -0.1) is 0 Å². The van der Waals surface area contributed by atoms with Crippen molar-refractivity contribution < 1.29 is 9.18 Å². The van der Waals surface area contributed by atoms with Crippen LogP contribution in [0.2, 0.25) is 0 Å². The normalized spacial score (nSPS) is 10.3. The summed E-state index contributed by atoms with van der Waals surface area (Å²) in [6, 6.07) is 6.65. The van der Waals surface area contributed by atoms with Gasteiger partial charge in [0, 0.05) is 31.6 Å². The summed E-state index contributed by atoms with van der Waals surface area (Å²) in [6.07, 6.45) is 2.51. The van der Waals surface area contributed by atoms with Crippen LogP contribution >= 0.6 is 0 Å². The predicted molar refractivity (Wildman–Crippen MR) is 70.6 cm³/mol. The highest BCUT2D eigenvalue weighted by Crippen LogP contribution is 2.05. The van der Waals surface area contributed by atoms with Crippen molar-refractivity contribution >= 4 is 5.91 Å². The SMILES string of the molecule is CCCCNC(=O)CCNCc1ccccc1F. The van der Waals surface area contributed by atoms with Crippen LogP contribution in [0, 0.1) is 5.82 Å². The van der Waals surface area contributed by atoms with Crippen LogP contribution in [-0.4, -0.2) is 19.0 Å². The maximum Gasteiger partial charge on any atom is 0.221 e. The summed E-state index contributed by atoms with van der Waals surface area (Å²) in [5, 5.41) is 5.90. The van der Waals surface area contributed by atoms with Crippen molar-refractivity contribution in [3.63, 3.8) is 0 Å². The summed E-state index contributed by atoms with van der Waals surface area (Å²) < 4.78 is 13.3. The van der Waals surface area contributed by atoms with E-state index < -0.39 is 0 Å². The Bertz CT molecular complexity index is 369. The van der Waals surface area contributed by atoms with Crippen molar-refractivity contribution in [3.05, 3.63) is 35.6 Å². The Labute approximate surface area is 108 Å². The van der Waals surface area contributed by atoms with Gasteiger partial charge in [0.2, 0.25) is 5.91 Å². The Morgan fingerprint density at radius 2 is 2.06 bits per heavy atom. The standard InChI is InChI=1S/C14H21FN2O/c1-2-3-9-17-14(18)8-10-16-11-12-6-4-5-7-13(12)15/h4-7,16H,2-3,8-11H2,1H3,(H,17,18). The Morgan fingerprint density at radius 1 is 1.28 bits per heavy atom. The minimum atomic E-state index is -0.211. The molecule has 0 aliphatic heterocycles. The van der Waals surface area contributed by atoms with E-state index in [2.05, 4.69) is 17.6 Å². The van der Waals surface area contributed by atoms with E-state index in [-0.39, 0.29) is 11.7 Å². The molecule has 4 heteroatoms. The summed E-state index contributed by atoms with van der Waals surface area (Å²) in [4.78, 5) is 11.4. The van der Waals surface area contributed by atoms with Crippen LogP contribution in [0.25, 0.3) is 0 Å². The average molecular weight is 252 g/mol. The van der Waals surface area contributed by atoms with Gasteiger partial charge in [-0.05, 0) is 12.5 Å². The number of nitrogens with one attached hydrogen (secondary N) is 2. The van der Waals surface area contributed by atoms with E-state index in [1.54, 1.807) is 18.2 Å². The van der Waals surface area contributed by atoms with Gasteiger partial charge in [-0.2, -0.15) is 0 Å². The van der Waals surface area contributed by atoms with Crippen molar-refractivity contribution in [2.45, 2.75) is 32.7 Å². The molecule has 0 unspecified atom stereocenters. The van der Waals surface area contributed by atoms with E-state index in [0.717, 1.165) is 19.4 Å². The van der Waals surface area contributed by atoms with Gasteiger partial charge in [0.15, 0.2) is 0 Å². The van der Waals surface area contributed by atoms with Gasteiger partial charge in [-0.3, -0.25) is 4.79 Å². The Kier molecular flexibility index (Phi) is 7.03. The third kappa shape index (κ3) is 5.77. The minimum absolute atomic E-state index is 0.0458. The molecule has 0 aromatic heterocycles. The van der Waals surface area contributed by atoms with E-state index in [4.69, 9.17) is 0 Å². The third-order valence-corrected chi connectivity index (χ3v) is 2.65. The average Bonchev–Trinajstić information content (AvgIpc) is 2.37. The predicted octanol–water partition coefficient (Wildman–Crippen LogP) is 2.22. The summed E-state index contributed by atoms with van der Waals surface area (Å²) in [6.45, 7) is 3.84. The molecular formula is C14H21FN2O. The zero-order chi connectivity index (χ0) is 13.2. The van der Waals surface area contributed by atoms with Crippen LogP contribution in [-0.2, 0) is 11.3 Å². The van der Waals surface area contributed by atoms with Crippen molar-refractivity contribution in [1.29, 1.82) is 0 Å². The monoisotopic (exact) mass is 252 g/mol. The smallest absolute Gasteiger partial charge is 0.221 e. The van der Waals surface area contributed by atoms with Crippen LogP contribution in [0.1, 0.15) is 31.7 Å². The lowest BCUT2D eigenvalue weighted by Crippen LogP contribution is -2.28. The fourth-order valence-electron chi connectivity index (χ4n) is 1.56. The maximum absolute atomic E-state index is 13.3. The zero-order valence-corrected chi connectivity index (χ0v) is 10.8. The van der Waals surface area contributed by atoms with E-state index in [0.29, 0.717) is 25.1 Å². The lowest BCUT2D eigenvalue weighted by molar-refractivity contribution is -0.121. The highest BCUT2D eigenvalue weighted by molar-refractivity contribution is 5.75. The molecule has 1 aromatic carbocycles. The first kappa shape index (κ1) is 14.6. The van der Waals surface area contributed by atoms with Gasteiger partial charge in [-0.1, -0.05) is 31.5 Å². The molecule has 2 N–H and O–H groups in total.